The van der Waals surface area contributed by atoms with E-state index in [0.29, 0.717) is 56.6 Å². The van der Waals surface area contributed by atoms with Gasteiger partial charge in [0.25, 0.3) is 0 Å². The Morgan fingerprint density at radius 2 is 1.87 bits per heavy atom. The lowest BCUT2D eigenvalue weighted by Gasteiger charge is -2.58. The minimum Gasteiger partial charge on any atom is -0.481 e. The lowest BCUT2D eigenvalue weighted by Crippen LogP contribution is -2.69. The fourth-order valence-corrected chi connectivity index (χ4v) is 8.17. The fourth-order valence-electron chi connectivity index (χ4n) is 8.17. The molecule has 2 heterocycles. The van der Waals surface area contributed by atoms with Crippen molar-refractivity contribution in [2.75, 3.05) is 31.1 Å². The first-order chi connectivity index (χ1) is 17.9. The van der Waals surface area contributed by atoms with Gasteiger partial charge >= 0.3 is 18.3 Å². The summed E-state index contributed by atoms with van der Waals surface area (Å²) < 4.78 is 38.8. The maximum Gasteiger partial charge on any atom is 0.417 e. The predicted octanol–water partition coefficient (Wildman–Crippen LogP) is 4.09. The number of aliphatic carboxylic acids is 1. The Hall–Kier alpha value is -2.87. The van der Waals surface area contributed by atoms with E-state index < -0.39 is 23.1 Å². The Kier molecular flexibility index (Phi) is 6.61. The largest absolute Gasteiger partial charge is 0.481 e. The Morgan fingerprint density at radius 3 is 2.34 bits per heavy atom. The minimum absolute atomic E-state index is 0.00703. The number of nitrogens with one attached hydrogen (secondary N) is 2. The van der Waals surface area contributed by atoms with Gasteiger partial charge in [0.1, 0.15) is 18.9 Å². The van der Waals surface area contributed by atoms with Crippen LogP contribution in [-0.4, -0.2) is 64.6 Å². The highest BCUT2D eigenvalue weighted by atomic mass is 19.4. The third-order valence-electron chi connectivity index (χ3n) is 9.64. The molecule has 0 radical (unpaired) electrons. The molecule has 6 rings (SSSR count). The van der Waals surface area contributed by atoms with Crippen LogP contribution < -0.4 is 10.2 Å². The Labute approximate surface area is 220 Å². The molecule has 5 aliphatic rings. The zero-order chi connectivity index (χ0) is 27.5. The average Bonchev–Trinajstić information content (AvgIpc) is 2.85. The number of halogens is 3. The summed E-state index contributed by atoms with van der Waals surface area (Å²) in [5, 5.41) is 32.9. The molecular formula is C27H36F3N6O2+. The SMILES string of the molecule is CC(C)[C@H](C(=N)NC1C2CC3CC1CC(C(=O)O)(C3)C2)[N+]1(C#N)CCN(c2ccc(C(F)(F)F)cn2)CC1. The maximum atomic E-state index is 12.9. The van der Waals surface area contributed by atoms with E-state index >= 15 is 0 Å². The van der Waals surface area contributed by atoms with Crippen molar-refractivity contribution in [3.63, 3.8) is 0 Å². The van der Waals surface area contributed by atoms with Gasteiger partial charge < -0.3 is 15.3 Å². The number of anilines is 1. The number of aromatic nitrogens is 1. The Balaban J connectivity index is 1.28. The molecule has 5 fully saturated rings. The summed E-state index contributed by atoms with van der Waals surface area (Å²) in [6.07, 6.45) is 2.95. The summed E-state index contributed by atoms with van der Waals surface area (Å²) >= 11 is 0. The lowest BCUT2D eigenvalue weighted by atomic mass is 9.48. The van der Waals surface area contributed by atoms with Crippen LogP contribution in [0.2, 0.25) is 0 Å². The normalized spacial score (nSPS) is 32.6. The third-order valence-corrected chi connectivity index (χ3v) is 9.64. The molecule has 206 valence electrons. The molecule has 1 aliphatic heterocycles. The summed E-state index contributed by atoms with van der Waals surface area (Å²) in [6.45, 7) is 5.76. The van der Waals surface area contributed by atoms with Crippen LogP contribution in [0.15, 0.2) is 18.3 Å². The molecule has 11 heteroatoms. The van der Waals surface area contributed by atoms with Crippen LogP contribution in [0.5, 0.6) is 0 Å². The number of hydrogen-bond donors (Lipinski definition) is 3. The number of alkyl halides is 3. The number of hydrogen-bond acceptors (Lipinski definition) is 5. The number of rotatable bonds is 6. The fraction of sp³-hybridized carbons (Fsp3) is 0.704. The molecule has 3 atom stereocenters. The van der Waals surface area contributed by atoms with Crippen LogP contribution in [0.4, 0.5) is 19.0 Å². The van der Waals surface area contributed by atoms with Crippen molar-refractivity contribution in [1.82, 2.24) is 10.3 Å². The first-order valence-corrected chi connectivity index (χ1v) is 13.5. The number of amidine groups is 1. The molecular weight excluding hydrogens is 497 g/mol. The van der Waals surface area contributed by atoms with E-state index in [0.717, 1.165) is 31.5 Å². The highest BCUT2D eigenvalue weighted by molar-refractivity contribution is 5.84. The molecule has 8 nitrogen and oxygen atoms in total. The number of quaternary nitrogens is 1. The van der Waals surface area contributed by atoms with E-state index in [4.69, 9.17) is 5.41 Å². The maximum absolute atomic E-state index is 12.9. The van der Waals surface area contributed by atoms with E-state index in [2.05, 4.69) is 16.5 Å². The van der Waals surface area contributed by atoms with Crippen LogP contribution in [0, 0.1) is 46.0 Å². The van der Waals surface area contributed by atoms with Gasteiger partial charge in [-0.05, 0) is 62.0 Å². The van der Waals surface area contributed by atoms with Crippen LogP contribution in [0.3, 0.4) is 0 Å². The van der Waals surface area contributed by atoms with Gasteiger partial charge in [0.05, 0.1) is 24.1 Å². The van der Waals surface area contributed by atoms with Crippen molar-refractivity contribution in [3.05, 3.63) is 23.9 Å². The number of piperazine rings is 1. The summed E-state index contributed by atoms with van der Waals surface area (Å²) in [5.74, 6) is 1.01. The van der Waals surface area contributed by atoms with E-state index in [1.807, 2.05) is 18.7 Å². The minimum atomic E-state index is -4.44. The van der Waals surface area contributed by atoms with Crippen molar-refractivity contribution < 1.29 is 27.6 Å². The number of nitrogens with zero attached hydrogens (tertiary/aromatic N) is 4. The first kappa shape index (κ1) is 26.7. The van der Waals surface area contributed by atoms with Crippen LogP contribution >= 0.6 is 0 Å². The van der Waals surface area contributed by atoms with Gasteiger partial charge in [0.2, 0.25) is 0 Å². The lowest BCUT2D eigenvalue weighted by molar-refractivity contribution is -0.884. The van der Waals surface area contributed by atoms with E-state index in [9.17, 15) is 28.3 Å². The van der Waals surface area contributed by atoms with Crippen molar-refractivity contribution in [1.29, 1.82) is 10.7 Å². The second kappa shape index (κ2) is 9.40. The molecule has 38 heavy (non-hydrogen) atoms. The van der Waals surface area contributed by atoms with Crippen LogP contribution in [0.1, 0.15) is 51.5 Å². The summed E-state index contributed by atoms with van der Waals surface area (Å²) in [5.41, 5.74) is -1.41. The van der Waals surface area contributed by atoms with Crippen LogP contribution in [-0.2, 0) is 11.0 Å². The van der Waals surface area contributed by atoms with Crippen molar-refractivity contribution >= 4 is 17.6 Å². The second-order valence-corrected chi connectivity index (χ2v) is 12.3. The van der Waals surface area contributed by atoms with E-state index in [1.54, 1.807) is 0 Å². The van der Waals surface area contributed by atoms with Crippen LogP contribution in [0.25, 0.3) is 0 Å². The summed E-state index contributed by atoms with van der Waals surface area (Å²) in [4.78, 5) is 18.0. The van der Waals surface area contributed by atoms with Gasteiger partial charge in [-0.2, -0.15) is 13.2 Å². The molecule has 3 N–H and O–H groups in total. The zero-order valence-corrected chi connectivity index (χ0v) is 21.8. The Morgan fingerprint density at radius 1 is 1.24 bits per heavy atom. The molecule has 4 bridgehead atoms. The van der Waals surface area contributed by atoms with Crippen molar-refractivity contribution in [2.24, 2.45) is 29.1 Å². The van der Waals surface area contributed by atoms with Gasteiger partial charge in [-0.25, -0.2) is 9.47 Å². The predicted molar refractivity (Wildman–Crippen MR) is 134 cm³/mol. The standard InChI is InChI=1S/C27H35F3N6O2/c1-16(2)23(24(32)34-22-18-9-17-10-19(22)13-26(11-17,12-18)25(37)38)36(15-31)7-5-35(6-8-36)21-4-3-20(14-33-21)27(28,29)30/h3-4,14,16-19,22-23H,5-13H2,1-2H3,(H2-,32,34,37,38)/p+1/t17?,18?,19?,22?,23-,26?/m1/s1. The molecule has 1 saturated heterocycles. The second-order valence-electron chi connectivity index (χ2n) is 12.3. The zero-order valence-electron chi connectivity index (χ0n) is 21.8. The molecule has 0 amide bonds. The van der Waals surface area contributed by atoms with Gasteiger partial charge in [0, 0.05) is 18.2 Å². The average molecular weight is 534 g/mol. The summed E-state index contributed by atoms with van der Waals surface area (Å²) in [6, 6.07) is 2.08. The molecule has 2 unspecified atom stereocenters. The molecule has 0 aromatic carbocycles. The number of nitriles is 1. The van der Waals surface area contributed by atoms with Gasteiger partial charge in [-0.3, -0.25) is 10.2 Å². The highest BCUT2D eigenvalue weighted by Crippen LogP contribution is 2.60. The van der Waals surface area contributed by atoms with Crippen molar-refractivity contribution in [3.8, 4) is 6.19 Å². The summed E-state index contributed by atoms with van der Waals surface area (Å²) in [7, 11) is 0. The smallest absolute Gasteiger partial charge is 0.417 e. The third kappa shape index (κ3) is 4.51. The highest BCUT2D eigenvalue weighted by Gasteiger charge is 2.59. The van der Waals surface area contributed by atoms with Gasteiger partial charge in [0.15, 0.2) is 11.9 Å². The topological polar surface area (TPSA) is 113 Å². The number of carboxylic acids is 1. The van der Waals surface area contributed by atoms with E-state index in [1.165, 1.54) is 6.07 Å². The quantitative estimate of drug-likeness (QED) is 0.220. The number of carboxylic acid groups (broad SMARTS) is 1. The molecule has 4 aliphatic carbocycles. The first-order valence-electron chi connectivity index (χ1n) is 13.5. The van der Waals surface area contributed by atoms with Crippen molar-refractivity contribution in [2.45, 2.75) is 64.2 Å². The molecule has 4 saturated carbocycles. The molecule has 1 aromatic heterocycles. The molecule has 1 aromatic rings. The van der Waals surface area contributed by atoms with E-state index in [-0.39, 0.29) is 34.3 Å². The monoisotopic (exact) mass is 533 g/mol. The number of carbonyl (C=O) groups is 1. The Bertz CT molecular complexity index is 1110. The molecule has 0 spiro atoms. The number of pyridine rings is 1. The van der Waals surface area contributed by atoms with Gasteiger partial charge in [-0.1, -0.05) is 13.8 Å². The van der Waals surface area contributed by atoms with Gasteiger partial charge in [-0.15, -0.1) is 5.26 Å².